The Morgan fingerprint density at radius 3 is 2.55 bits per heavy atom. The van der Waals surface area contributed by atoms with E-state index in [4.69, 9.17) is 4.74 Å². The van der Waals surface area contributed by atoms with E-state index >= 15 is 0 Å². The Kier molecular flexibility index (Phi) is 4.97. The summed E-state index contributed by atoms with van der Waals surface area (Å²) in [4.78, 5) is 40.1. The number of ketones is 3. The smallest absolute Gasteiger partial charge is 0.151 e. The molecule has 0 spiro atoms. The van der Waals surface area contributed by atoms with E-state index in [-0.39, 0.29) is 53.5 Å². The molecule has 4 nitrogen and oxygen atoms in total. The van der Waals surface area contributed by atoms with Crippen LogP contribution in [0.5, 0.6) is 5.75 Å². The van der Waals surface area contributed by atoms with Crippen LogP contribution < -0.4 is 4.74 Å². The number of rotatable bonds is 1. The molecule has 3 fully saturated rings. The van der Waals surface area contributed by atoms with Crippen molar-refractivity contribution >= 4 is 17.3 Å². The van der Waals surface area contributed by atoms with E-state index in [0.29, 0.717) is 24.2 Å². The summed E-state index contributed by atoms with van der Waals surface area (Å²) >= 11 is 0. The molecule has 0 aromatic heterocycles. The number of carbonyl (C=O) groups is 3. The maximum absolute atomic E-state index is 14.2. The van der Waals surface area contributed by atoms with E-state index in [0.717, 1.165) is 24.2 Å². The van der Waals surface area contributed by atoms with Crippen LogP contribution in [0.25, 0.3) is 0 Å². The number of allylic oxidation sites excluding steroid dienone is 3. The van der Waals surface area contributed by atoms with Gasteiger partial charge in [0.25, 0.3) is 0 Å². The van der Waals surface area contributed by atoms with Crippen LogP contribution in [0.15, 0.2) is 49.1 Å². The minimum atomic E-state index is -0.835. The van der Waals surface area contributed by atoms with E-state index in [1.807, 2.05) is 30.3 Å². The van der Waals surface area contributed by atoms with Gasteiger partial charge in [-0.15, -0.1) is 6.58 Å². The van der Waals surface area contributed by atoms with Gasteiger partial charge in [0.2, 0.25) is 0 Å². The Morgan fingerprint density at radius 2 is 1.79 bits per heavy atom. The highest BCUT2D eigenvalue weighted by Gasteiger charge is 2.60. The van der Waals surface area contributed by atoms with Crippen molar-refractivity contribution in [3.8, 4) is 5.75 Å². The molecule has 172 valence electrons. The highest BCUT2D eigenvalue weighted by Crippen LogP contribution is 2.58. The highest BCUT2D eigenvalue weighted by atomic mass is 16.5. The molecule has 3 saturated carbocycles. The number of ether oxygens (including phenoxy) is 1. The SMILES string of the molecule is C=CC1C=CC2C3CC(C)CCC3C3Oc4ccc(cc4)CC4C(=O)CC(=O)C4C(=O)C1C23. The zero-order valence-corrected chi connectivity index (χ0v) is 19.2. The molecular weight excluding hydrogens is 412 g/mol. The minimum absolute atomic E-state index is 0.00838. The molecule has 10 atom stereocenters. The van der Waals surface area contributed by atoms with Crippen molar-refractivity contribution in [3.05, 3.63) is 54.6 Å². The van der Waals surface area contributed by atoms with Gasteiger partial charge in [-0.05, 0) is 60.6 Å². The molecule has 7 rings (SSSR count). The van der Waals surface area contributed by atoms with Crippen LogP contribution in [-0.2, 0) is 20.8 Å². The number of carbonyl (C=O) groups excluding carboxylic acids is 3. The summed E-state index contributed by atoms with van der Waals surface area (Å²) in [7, 11) is 0. The lowest BCUT2D eigenvalue weighted by Gasteiger charge is -2.39. The van der Waals surface area contributed by atoms with Gasteiger partial charge in [-0.25, -0.2) is 0 Å². The Morgan fingerprint density at radius 1 is 1.00 bits per heavy atom. The van der Waals surface area contributed by atoms with Crippen molar-refractivity contribution in [3.63, 3.8) is 0 Å². The second-order valence-corrected chi connectivity index (χ2v) is 11.2. The number of Topliss-reactive ketones (excluding diaryl/α,β-unsaturated/α-hetero) is 3. The fourth-order valence-corrected chi connectivity index (χ4v) is 7.94. The Bertz CT molecular complexity index is 1040. The van der Waals surface area contributed by atoms with Crippen LogP contribution in [0.1, 0.15) is 38.2 Å². The lowest BCUT2D eigenvalue weighted by Crippen LogP contribution is -2.46. The largest absolute Gasteiger partial charge is 0.490 e. The van der Waals surface area contributed by atoms with Gasteiger partial charge in [0, 0.05) is 23.7 Å². The quantitative estimate of drug-likeness (QED) is 0.468. The van der Waals surface area contributed by atoms with Gasteiger partial charge in [-0.3, -0.25) is 14.4 Å². The molecule has 0 saturated heterocycles. The fourth-order valence-electron chi connectivity index (χ4n) is 7.94. The molecule has 33 heavy (non-hydrogen) atoms. The Hall–Kier alpha value is -2.49. The van der Waals surface area contributed by atoms with E-state index in [2.05, 4.69) is 25.7 Å². The average molecular weight is 445 g/mol. The third-order valence-corrected chi connectivity index (χ3v) is 9.41. The number of fused-ring (bicyclic) bond motifs is 4. The molecule has 0 amide bonds. The molecule has 2 heterocycles. The number of hydrogen-bond acceptors (Lipinski definition) is 4. The molecule has 2 aliphatic heterocycles. The number of benzene rings is 1. The third-order valence-electron chi connectivity index (χ3n) is 9.41. The van der Waals surface area contributed by atoms with Crippen molar-refractivity contribution in [2.24, 2.45) is 53.3 Å². The molecule has 6 aliphatic rings. The van der Waals surface area contributed by atoms with Gasteiger partial charge in [0.05, 0.1) is 12.3 Å². The maximum atomic E-state index is 14.2. The molecule has 10 unspecified atom stereocenters. The monoisotopic (exact) mass is 444 g/mol. The van der Waals surface area contributed by atoms with Crippen LogP contribution in [0.3, 0.4) is 0 Å². The van der Waals surface area contributed by atoms with Gasteiger partial charge >= 0.3 is 0 Å². The van der Waals surface area contributed by atoms with Crippen LogP contribution in [0, 0.1) is 53.3 Å². The first kappa shape index (κ1) is 21.1. The third kappa shape index (κ3) is 3.20. The number of hydrogen-bond donors (Lipinski definition) is 0. The van der Waals surface area contributed by atoms with Gasteiger partial charge in [0.1, 0.15) is 23.4 Å². The van der Waals surface area contributed by atoms with Crippen LogP contribution in [0.2, 0.25) is 0 Å². The fraction of sp³-hybridized carbons (Fsp3) is 0.552. The van der Waals surface area contributed by atoms with Crippen molar-refractivity contribution in [2.75, 3.05) is 0 Å². The van der Waals surface area contributed by atoms with Crippen molar-refractivity contribution < 1.29 is 19.1 Å². The normalized spacial score (nSPS) is 43.7. The molecule has 2 bridgehead atoms. The predicted molar refractivity (Wildman–Crippen MR) is 124 cm³/mol. The van der Waals surface area contributed by atoms with Gasteiger partial charge in [-0.1, -0.05) is 43.7 Å². The predicted octanol–water partition coefficient (Wildman–Crippen LogP) is 4.62. The molecule has 4 heteroatoms. The first-order valence-electron chi connectivity index (χ1n) is 12.6. The van der Waals surface area contributed by atoms with Crippen molar-refractivity contribution in [1.82, 2.24) is 0 Å². The van der Waals surface area contributed by atoms with E-state index in [1.165, 1.54) is 6.42 Å². The second kappa shape index (κ2) is 7.78. The minimum Gasteiger partial charge on any atom is -0.490 e. The summed E-state index contributed by atoms with van der Waals surface area (Å²) < 4.78 is 6.73. The highest BCUT2D eigenvalue weighted by molar-refractivity contribution is 6.18. The zero-order valence-electron chi connectivity index (χ0n) is 19.2. The molecule has 4 aliphatic carbocycles. The van der Waals surface area contributed by atoms with Crippen LogP contribution >= 0.6 is 0 Å². The lowest BCUT2D eigenvalue weighted by molar-refractivity contribution is -0.139. The molecule has 0 N–H and O–H groups in total. The summed E-state index contributed by atoms with van der Waals surface area (Å²) in [5, 5.41) is 0. The Labute approximate surface area is 195 Å². The topological polar surface area (TPSA) is 60.4 Å². The Balaban J connectivity index is 1.51. The molecule has 1 aromatic carbocycles. The van der Waals surface area contributed by atoms with E-state index in [1.54, 1.807) is 0 Å². The first-order valence-corrected chi connectivity index (χ1v) is 12.6. The van der Waals surface area contributed by atoms with Crippen molar-refractivity contribution in [1.29, 1.82) is 0 Å². The summed E-state index contributed by atoms with van der Waals surface area (Å²) in [6.07, 6.45) is 10.0. The lowest BCUT2D eigenvalue weighted by atomic mass is 9.64. The molecular formula is C29H32O4. The standard InChI is InChI=1S/C29H32O4/c1-3-17-7-11-19-21-12-15(2)4-10-20(21)29-27(19)25(17)28(32)26-22(23(30)14-24(26)31)13-16-5-8-18(33-29)9-6-16/h3,5-9,11,15,17,19-22,25-27,29H,1,4,10,12-14H2,2H3. The van der Waals surface area contributed by atoms with Crippen molar-refractivity contribution in [2.45, 2.75) is 45.1 Å². The van der Waals surface area contributed by atoms with E-state index in [9.17, 15) is 14.4 Å². The van der Waals surface area contributed by atoms with Gasteiger partial charge < -0.3 is 4.74 Å². The summed E-state index contributed by atoms with van der Waals surface area (Å²) in [6.45, 7) is 6.37. The summed E-state index contributed by atoms with van der Waals surface area (Å²) in [6, 6.07) is 7.99. The van der Waals surface area contributed by atoms with Gasteiger partial charge in [0.15, 0.2) is 5.78 Å². The maximum Gasteiger partial charge on any atom is 0.151 e. The van der Waals surface area contributed by atoms with Crippen LogP contribution in [-0.4, -0.2) is 23.5 Å². The first-order chi connectivity index (χ1) is 16.0. The van der Waals surface area contributed by atoms with Crippen LogP contribution in [0.4, 0.5) is 0 Å². The zero-order chi connectivity index (χ0) is 22.9. The summed E-state index contributed by atoms with van der Waals surface area (Å²) in [5.41, 5.74) is 0.975. The second-order valence-electron chi connectivity index (χ2n) is 11.2. The molecule has 1 aromatic rings. The molecule has 0 radical (unpaired) electrons. The van der Waals surface area contributed by atoms with Gasteiger partial charge in [-0.2, -0.15) is 0 Å². The summed E-state index contributed by atoms with van der Waals surface area (Å²) in [5.74, 6) is 0.475. The van der Waals surface area contributed by atoms with E-state index < -0.39 is 11.8 Å². The average Bonchev–Trinajstić information content (AvgIpc) is 3.25.